The van der Waals surface area contributed by atoms with Gasteiger partial charge in [-0.15, -0.1) is 0 Å². The van der Waals surface area contributed by atoms with Crippen molar-refractivity contribution in [2.24, 2.45) is 0 Å². The Balaban J connectivity index is 1.61. The molecule has 1 N–H and O–H groups in total. The first-order valence-electron chi connectivity index (χ1n) is 11.6. The Morgan fingerprint density at radius 1 is 1.06 bits per heavy atom. The number of hydrogen-bond acceptors (Lipinski definition) is 5. The van der Waals surface area contributed by atoms with Crippen molar-refractivity contribution in [3.63, 3.8) is 0 Å². The summed E-state index contributed by atoms with van der Waals surface area (Å²) in [6.07, 6.45) is 2.36. The predicted octanol–water partition coefficient (Wildman–Crippen LogP) is 5.82. The minimum Gasteiger partial charge on any atom is -0.354 e. The van der Waals surface area contributed by atoms with E-state index in [2.05, 4.69) is 40.0 Å². The molecule has 0 radical (unpaired) electrons. The van der Waals surface area contributed by atoms with Gasteiger partial charge in [-0.1, -0.05) is 6.92 Å². The molecule has 0 saturated carbocycles. The molecule has 0 spiro atoms. The van der Waals surface area contributed by atoms with Gasteiger partial charge in [0.1, 0.15) is 17.5 Å². The van der Waals surface area contributed by atoms with Gasteiger partial charge < -0.3 is 15.1 Å². The highest BCUT2D eigenvalue weighted by molar-refractivity contribution is 5.59. The van der Waals surface area contributed by atoms with E-state index >= 15 is 0 Å². The fourth-order valence-electron chi connectivity index (χ4n) is 4.87. The number of nitrogens with one attached hydrogen (secondary N) is 1. The van der Waals surface area contributed by atoms with Gasteiger partial charge in [0.15, 0.2) is 0 Å². The second kappa shape index (κ2) is 9.65. The molecule has 4 rings (SSSR count). The third-order valence-electron chi connectivity index (χ3n) is 6.62. The Labute approximate surface area is 188 Å². The smallest absolute Gasteiger partial charge is 0.354 e. The summed E-state index contributed by atoms with van der Waals surface area (Å²) in [5.41, 5.74) is 0.488. The molecule has 2 aromatic heterocycles. The van der Waals surface area contributed by atoms with Crippen molar-refractivity contribution in [2.75, 3.05) is 36.4 Å². The van der Waals surface area contributed by atoms with Crippen LogP contribution in [-0.2, 0) is 6.18 Å². The summed E-state index contributed by atoms with van der Waals surface area (Å²) >= 11 is 0. The van der Waals surface area contributed by atoms with Crippen LogP contribution >= 0.6 is 0 Å². The lowest BCUT2D eigenvalue weighted by atomic mass is 9.89. The molecule has 5 nitrogen and oxygen atoms in total. The minimum absolute atomic E-state index is 0.155. The zero-order valence-corrected chi connectivity index (χ0v) is 18.8. The van der Waals surface area contributed by atoms with E-state index in [-0.39, 0.29) is 5.82 Å². The number of anilines is 3. The summed E-state index contributed by atoms with van der Waals surface area (Å²) in [6.45, 7) is 8.65. The highest BCUT2D eigenvalue weighted by Gasteiger charge is 2.31. The Bertz CT molecular complexity index is 909. The van der Waals surface area contributed by atoms with Gasteiger partial charge in [-0.05, 0) is 94.4 Å². The lowest BCUT2D eigenvalue weighted by Crippen LogP contribution is -2.33. The van der Waals surface area contributed by atoms with Crippen molar-refractivity contribution in [1.29, 1.82) is 0 Å². The van der Waals surface area contributed by atoms with Crippen molar-refractivity contribution >= 4 is 17.5 Å². The van der Waals surface area contributed by atoms with E-state index in [0.29, 0.717) is 17.8 Å². The van der Waals surface area contributed by atoms with Gasteiger partial charge >= 0.3 is 6.18 Å². The van der Waals surface area contributed by atoms with Gasteiger partial charge in [0.2, 0.25) is 0 Å². The van der Waals surface area contributed by atoms with Gasteiger partial charge in [-0.25, -0.2) is 9.97 Å². The van der Waals surface area contributed by atoms with Crippen LogP contribution in [0.4, 0.5) is 30.6 Å². The first-order chi connectivity index (χ1) is 15.3. The molecule has 2 aliphatic rings. The first-order valence-corrected chi connectivity index (χ1v) is 11.6. The van der Waals surface area contributed by atoms with E-state index < -0.39 is 11.7 Å². The van der Waals surface area contributed by atoms with Crippen molar-refractivity contribution in [3.05, 3.63) is 41.6 Å². The van der Waals surface area contributed by atoms with Gasteiger partial charge in [-0.2, -0.15) is 13.2 Å². The third-order valence-corrected chi connectivity index (χ3v) is 6.62. The van der Waals surface area contributed by atoms with E-state index in [1.54, 1.807) is 0 Å². The van der Waals surface area contributed by atoms with Crippen molar-refractivity contribution < 1.29 is 13.2 Å². The van der Waals surface area contributed by atoms with E-state index in [1.807, 2.05) is 6.07 Å². The Morgan fingerprint density at radius 3 is 2.50 bits per heavy atom. The van der Waals surface area contributed by atoms with Gasteiger partial charge in [-0.3, -0.25) is 0 Å². The maximum absolute atomic E-state index is 13.1. The zero-order valence-electron chi connectivity index (χ0n) is 18.8. The quantitative estimate of drug-likeness (QED) is 0.605. The molecule has 4 heterocycles. The number of piperidine rings is 1. The highest BCUT2D eigenvalue weighted by Crippen LogP contribution is 2.35. The lowest BCUT2D eigenvalue weighted by molar-refractivity contribution is -0.137. The lowest BCUT2D eigenvalue weighted by Gasteiger charge is -2.32. The van der Waals surface area contributed by atoms with E-state index in [4.69, 9.17) is 4.98 Å². The number of halogens is 3. The molecule has 2 aliphatic heterocycles. The molecule has 2 saturated heterocycles. The molecule has 174 valence electrons. The predicted molar refractivity (Wildman–Crippen MR) is 122 cm³/mol. The van der Waals surface area contributed by atoms with Crippen molar-refractivity contribution in [2.45, 2.75) is 64.1 Å². The number of alkyl halides is 3. The normalized spacial score (nSPS) is 20.7. The Kier molecular flexibility index (Phi) is 6.88. The average Bonchev–Trinajstić information content (AvgIpc) is 3.20. The summed E-state index contributed by atoms with van der Waals surface area (Å²) in [7, 11) is 0. The SMILES string of the molecule is CCCN1CCC(c2cc(Nc3cc(C(F)(F)F)ccn3)nc(N3CCCC3C)c2)CC1. The highest BCUT2D eigenvalue weighted by atomic mass is 19.4. The van der Waals surface area contributed by atoms with Crippen LogP contribution in [0.1, 0.15) is 63.0 Å². The summed E-state index contributed by atoms with van der Waals surface area (Å²) in [6, 6.07) is 6.61. The summed E-state index contributed by atoms with van der Waals surface area (Å²) in [5.74, 6) is 2.04. The fraction of sp³-hybridized carbons (Fsp3) is 0.583. The van der Waals surface area contributed by atoms with Crippen LogP contribution in [0.15, 0.2) is 30.5 Å². The van der Waals surface area contributed by atoms with Crippen molar-refractivity contribution in [3.8, 4) is 0 Å². The standard InChI is InChI=1S/C24H32F3N5/c1-3-10-31-12-7-18(8-13-31)19-14-22(30-23(15-19)32-11-4-5-17(32)2)29-21-16-20(6-9-28-21)24(25,26)27/h6,9,14-18H,3-5,7-8,10-13H2,1-2H3,(H,28,29,30). The molecule has 1 unspecified atom stereocenters. The molecule has 0 aliphatic carbocycles. The van der Waals surface area contributed by atoms with Crippen LogP contribution in [0.25, 0.3) is 0 Å². The fourth-order valence-corrected chi connectivity index (χ4v) is 4.87. The average molecular weight is 448 g/mol. The summed E-state index contributed by atoms with van der Waals surface area (Å²) < 4.78 is 39.4. The van der Waals surface area contributed by atoms with Crippen molar-refractivity contribution in [1.82, 2.24) is 14.9 Å². The summed E-state index contributed by atoms with van der Waals surface area (Å²) in [5, 5.41) is 3.04. The molecule has 1 atom stereocenters. The van der Waals surface area contributed by atoms with E-state index in [1.165, 1.54) is 11.8 Å². The number of rotatable bonds is 6. The van der Waals surface area contributed by atoms with Crippen LogP contribution in [0, 0.1) is 0 Å². The van der Waals surface area contributed by atoms with Crippen LogP contribution in [0.3, 0.4) is 0 Å². The van der Waals surface area contributed by atoms with Crippen LogP contribution in [0.2, 0.25) is 0 Å². The van der Waals surface area contributed by atoms with Gasteiger partial charge in [0, 0.05) is 18.8 Å². The second-order valence-electron chi connectivity index (χ2n) is 9.00. The van der Waals surface area contributed by atoms with Gasteiger partial charge in [0.05, 0.1) is 5.56 Å². The number of likely N-dealkylation sites (tertiary alicyclic amines) is 1. The summed E-state index contributed by atoms with van der Waals surface area (Å²) in [4.78, 5) is 13.7. The number of aromatic nitrogens is 2. The maximum Gasteiger partial charge on any atom is 0.416 e. The molecule has 8 heteroatoms. The topological polar surface area (TPSA) is 44.3 Å². The number of nitrogens with zero attached hydrogens (tertiary/aromatic N) is 4. The number of pyridine rings is 2. The van der Waals surface area contributed by atoms with E-state index in [0.717, 1.165) is 76.2 Å². The van der Waals surface area contributed by atoms with Crippen LogP contribution < -0.4 is 10.2 Å². The second-order valence-corrected chi connectivity index (χ2v) is 9.00. The Hall–Kier alpha value is -2.35. The third kappa shape index (κ3) is 5.34. The van der Waals surface area contributed by atoms with Gasteiger partial charge in [0.25, 0.3) is 0 Å². The van der Waals surface area contributed by atoms with E-state index in [9.17, 15) is 13.2 Å². The molecular formula is C24H32F3N5. The molecular weight excluding hydrogens is 415 g/mol. The molecule has 2 aromatic rings. The Morgan fingerprint density at radius 2 is 1.84 bits per heavy atom. The number of hydrogen-bond donors (Lipinski definition) is 1. The largest absolute Gasteiger partial charge is 0.416 e. The first kappa shape index (κ1) is 22.8. The molecule has 0 bridgehead atoms. The zero-order chi connectivity index (χ0) is 22.7. The minimum atomic E-state index is -4.41. The van der Waals surface area contributed by atoms with Crippen LogP contribution in [-0.4, -0.2) is 47.1 Å². The molecule has 2 fully saturated rings. The monoisotopic (exact) mass is 447 g/mol. The maximum atomic E-state index is 13.1. The van der Waals surface area contributed by atoms with Crippen LogP contribution in [0.5, 0.6) is 0 Å². The molecule has 0 aromatic carbocycles. The molecule has 32 heavy (non-hydrogen) atoms. The molecule has 0 amide bonds.